The summed E-state index contributed by atoms with van der Waals surface area (Å²) >= 11 is 0. The van der Waals surface area contributed by atoms with E-state index in [0.717, 1.165) is 46.8 Å². The van der Waals surface area contributed by atoms with Crippen LogP contribution in [0, 0.1) is 13.8 Å². The van der Waals surface area contributed by atoms with Crippen LogP contribution in [0.3, 0.4) is 0 Å². The molecule has 3 rings (SSSR count). The minimum absolute atomic E-state index is 0.831. The molecule has 2 aromatic heterocycles. The summed E-state index contributed by atoms with van der Waals surface area (Å²) < 4.78 is 5.18. The highest BCUT2D eigenvalue weighted by Gasteiger charge is 2.14. The van der Waals surface area contributed by atoms with E-state index in [0.29, 0.717) is 0 Å². The van der Waals surface area contributed by atoms with E-state index in [2.05, 4.69) is 21.2 Å². The molecule has 4 nitrogen and oxygen atoms in total. The van der Waals surface area contributed by atoms with Gasteiger partial charge in [0.2, 0.25) is 0 Å². The lowest BCUT2D eigenvalue weighted by Crippen LogP contribution is -2.05. The van der Waals surface area contributed by atoms with Crippen LogP contribution in [-0.4, -0.2) is 22.9 Å². The number of aliphatic imine (C=N–C) groups is 1. The molecular weight excluding hydrogens is 214 g/mol. The lowest BCUT2D eigenvalue weighted by Gasteiger charge is -2.10. The SMILES string of the molecule is Cc1noc(C)c1-c1cnc2c(c1)C=NCC2. The molecule has 0 aromatic carbocycles. The molecule has 0 amide bonds. The lowest BCUT2D eigenvalue weighted by molar-refractivity contribution is 0.393. The molecule has 0 atom stereocenters. The fraction of sp³-hybridized carbons (Fsp3) is 0.308. The third kappa shape index (κ3) is 1.65. The average molecular weight is 227 g/mol. The van der Waals surface area contributed by atoms with Gasteiger partial charge in [-0.15, -0.1) is 0 Å². The molecular formula is C13H13N3O. The second-order valence-electron chi connectivity index (χ2n) is 4.24. The molecule has 0 spiro atoms. The van der Waals surface area contributed by atoms with Crippen LogP contribution < -0.4 is 0 Å². The second-order valence-corrected chi connectivity index (χ2v) is 4.24. The minimum Gasteiger partial charge on any atom is -0.361 e. The molecule has 4 heteroatoms. The molecule has 0 saturated heterocycles. The monoisotopic (exact) mass is 227 g/mol. The van der Waals surface area contributed by atoms with E-state index in [-0.39, 0.29) is 0 Å². The van der Waals surface area contributed by atoms with E-state index >= 15 is 0 Å². The highest BCUT2D eigenvalue weighted by atomic mass is 16.5. The summed E-state index contributed by atoms with van der Waals surface area (Å²) in [7, 11) is 0. The number of hydrogen-bond donors (Lipinski definition) is 0. The first kappa shape index (κ1) is 10.2. The fourth-order valence-corrected chi connectivity index (χ4v) is 2.20. The Hall–Kier alpha value is -1.97. The number of nitrogens with zero attached hydrogens (tertiary/aromatic N) is 3. The van der Waals surface area contributed by atoms with Gasteiger partial charge < -0.3 is 4.52 Å². The molecule has 0 saturated carbocycles. The Kier molecular flexibility index (Phi) is 2.28. The van der Waals surface area contributed by atoms with Crippen LogP contribution >= 0.6 is 0 Å². The maximum atomic E-state index is 5.18. The predicted molar refractivity (Wildman–Crippen MR) is 65.4 cm³/mol. The minimum atomic E-state index is 0.831. The Morgan fingerprint density at radius 2 is 2.18 bits per heavy atom. The molecule has 0 N–H and O–H groups in total. The van der Waals surface area contributed by atoms with Crippen molar-refractivity contribution >= 4 is 6.21 Å². The number of aryl methyl sites for hydroxylation is 2. The van der Waals surface area contributed by atoms with Gasteiger partial charge in [-0.1, -0.05) is 5.16 Å². The first-order valence-electron chi connectivity index (χ1n) is 5.67. The molecule has 2 aromatic rings. The summed E-state index contributed by atoms with van der Waals surface area (Å²) in [6.07, 6.45) is 4.71. The van der Waals surface area contributed by atoms with Gasteiger partial charge in [-0.05, 0) is 19.9 Å². The van der Waals surface area contributed by atoms with Crippen LogP contribution in [0.15, 0.2) is 21.8 Å². The van der Waals surface area contributed by atoms with E-state index in [1.54, 1.807) is 0 Å². The average Bonchev–Trinajstić information content (AvgIpc) is 2.68. The zero-order chi connectivity index (χ0) is 11.8. The van der Waals surface area contributed by atoms with Crippen LogP contribution in [0.4, 0.5) is 0 Å². The van der Waals surface area contributed by atoms with Crippen LogP contribution in [0.2, 0.25) is 0 Å². The van der Waals surface area contributed by atoms with Crippen LogP contribution in [-0.2, 0) is 6.42 Å². The van der Waals surface area contributed by atoms with Crippen molar-refractivity contribution in [2.45, 2.75) is 20.3 Å². The quantitative estimate of drug-likeness (QED) is 0.751. The largest absolute Gasteiger partial charge is 0.361 e. The maximum absolute atomic E-state index is 5.18. The lowest BCUT2D eigenvalue weighted by atomic mass is 10.0. The van der Waals surface area contributed by atoms with E-state index < -0.39 is 0 Å². The molecule has 17 heavy (non-hydrogen) atoms. The molecule has 86 valence electrons. The van der Waals surface area contributed by atoms with E-state index in [4.69, 9.17) is 4.52 Å². The van der Waals surface area contributed by atoms with Gasteiger partial charge in [-0.25, -0.2) is 0 Å². The highest BCUT2D eigenvalue weighted by molar-refractivity contribution is 5.85. The van der Waals surface area contributed by atoms with Gasteiger partial charge >= 0.3 is 0 Å². The number of fused-ring (bicyclic) bond motifs is 1. The molecule has 3 heterocycles. The summed E-state index contributed by atoms with van der Waals surface area (Å²) in [5, 5.41) is 3.97. The van der Waals surface area contributed by atoms with Crippen molar-refractivity contribution in [3.8, 4) is 11.1 Å². The molecule has 0 aliphatic carbocycles. The number of rotatable bonds is 1. The summed E-state index contributed by atoms with van der Waals surface area (Å²) in [6.45, 7) is 4.70. The van der Waals surface area contributed by atoms with Crippen molar-refractivity contribution in [1.29, 1.82) is 0 Å². The smallest absolute Gasteiger partial charge is 0.141 e. The molecule has 0 bridgehead atoms. The van der Waals surface area contributed by atoms with Gasteiger partial charge in [0, 0.05) is 42.1 Å². The molecule has 0 radical (unpaired) electrons. The Balaban J connectivity index is 2.14. The summed E-state index contributed by atoms with van der Waals surface area (Å²) in [5.74, 6) is 0.831. The van der Waals surface area contributed by atoms with Crippen molar-refractivity contribution in [2.24, 2.45) is 4.99 Å². The topological polar surface area (TPSA) is 51.3 Å². The molecule has 0 unspecified atom stereocenters. The fourth-order valence-electron chi connectivity index (χ4n) is 2.20. The van der Waals surface area contributed by atoms with Crippen molar-refractivity contribution in [3.63, 3.8) is 0 Å². The highest BCUT2D eigenvalue weighted by Crippen LogP contribution is 2.27. The van der Waals surface area contributed by atoms with Gasteiger partial charge in [0.05, 0.1) is 11.4 Å². The maximum Gasteiger partial charge on any atom is 0.141 e. The van der Waals surface area contributed by atoms with Crippen molar-refractivity contribution in [2.75, 3.05) is 6.54 Å². The first-order chi connectivity index (χ1) is 8.25. The van der Waals surface area contributed by atoms with Gasteiger partial charge in [-0.3, -0.25) is 9.98 Å². The van der Waals surface area contributed by atoms with Crippen LogP contribution in [0.25, 0.3) is 11.1 Å². The van der Waals surface area contributed by atoms with E-state index in [1.165, 1.54) is 0 Å². The summed E-state index contributed by atoms with van der Waals surface area (Å²) in [6, 6.07) is 2.11. The van der Waals surface area contributed by atoms with E-state index in [9.17, 15) is 0 Å². The third-order valence-corrected chi connectivity index (χ3v) is 3.03. The van der Waals surface area contributed by atoms with Gasteiger partial charge in [0.1, 0.15) is 5.76 Å². The molecule has 0 fully saturated rings. The second kappa shape index (κ2) is 3.80. The molecule has 1 aliphatic rings. The first-order valence-corrected chi connectivity index (χ1v) is 5.67. The predicted octanol–water partition coefficient (Wildman–Crippen LogP) is 2.33. The molecule has 1 aliphatic heterocycles. The van der Waals surface area contributed by atoms with Crippen LogP contribution in [0.5, 0.6) is 0 Å². The summed E-state index contributed by atoms with van der Waals surface area (Å²) in [5.41, 5.74) is 5.22. The standard InChI is InChI=1S/C13H13N3O/c1-8-13(9(2)17-16-8)11-5-10-6-14-4-3-12(10)15-7-11/h5-7H,3-4H2,1-2H3. The Bertz CT molecular complexity index is 579. The number of hydrogen-bond acceptors (Lipinski definition) is 4. The van der Waals surface area contributed by atoms with E-state index in [1.807, 2.05) is 26.3 Å². The number of pyridine rings is 1. The Labute approximate surface area is 99.4 Å². The van der Waals surface area contributed by atoms with Gasteiger partial charge in [0.25, 0.3) is 0 Å². The van der Waals surface area contributed by atoms with Crippen molar-refractivity contribution < 1.29 is 4.52 Å². The Morgan fingerprint density at radius 3 is 2.94 bits per heavy atom. The normalized spacial score (nSPS) is 13.8. The van der Waals surface area contributed by atoms with Crippen molar-refractivity contribution in [1.82, 2.24) is 10.1 Å². The van der Waals surface area contributed by atoms with Crippen LogP contribution in [0.1, 0.15) is 22.7 Å². The zero-order valence-electron chi connectivity index (χ0n) is 9.90. The summed E-state index contributed by atoms with van der Waals surface area (Å²) in [4.78, 5) is 8.78. The number of aromatic nitrogens is 2. The van der Waals surface area contributed by atoms with Gasteiger partial charge in [0.15, 0.2) is 0 Å². The van der Waals surface area contributed by atoms with Gasteiger partial charge in [-0.2, -0.15) is 0 Å². The van der Waals surface area contributed by atoms with Crippen molar-refractivity contribution in [3.05, 3.63) is 35.0 Å². The zero-order valence-corrected chi connectivity index (χ0v) is 9.90. The Morgan fingerprint density at radius 1 is 1.29 bits per heavy atom. The third-order valence-electron chi connectivity index (χ3n) is 3.03.